The van der Waals surface area contributed by atoms with Gasteiger partial charge in [0, 0.05) is 12.0 Å². The summed E-state index contributed by atoms with van der Waals surface area (Å²) in [5, 5.41) is 2.43. The molecule has 3 nitrogen and oxygen atoms in total. The normalized spacial score (nSPS) is 14.7. The first-order chi connectivity index (χ1) is 14.8. The van der Waals surface area contributed by atoms with Crippen molar-refractivity contribution < 1.29 is 18.7 Å². The molecule has 1 aliphatic carbocycles. The van der Waals surface area contributed by atoms with Crippen LogP contribution in [0.5, 0.6) is 5.75 Å². The van der Waals surface area contributed by atoms with Crippen LogP contribution in [-0.4, -0.2) is 23.7 Å². The van der Waals surface area contributed by atoms with Gasteiger partial charge in [-0.05, 0) is 68.7 Å². The summed E-state index contributed by atoms with van der Waals surface area (Å²) < 4.78 is 25.3. The van der Waals surface area contributed by atoms with Crippen LogP contribution in [0.4, 0.5) is 4.39 Å². The Morgan fingerprint density at radius 1 is 1.19 bits per heavy atom. The van der Waals surface area contributed by atoms with Crippen molar-refractivity contribution in [2.24, 2.45) is 0 Å². The fourth-order valence-electron chi connectivity index (χ4n) is 3.40. The van der Waals surface area contributed by atoms with Crippen molar-refractivity contribution in [3.8, 4) is 5.75 Å². The first-order valence-electron chi connectivity index (χ1n) is 10.5. The van der Waals surface area contributed by atoms with Crippen molar-refractivity contribution >= 4 is 28.3 Å². The Kier molecular flexibility index (Phi) is 7.97. The van der Waals surface area contributed by atoms with E-state index in [4.69, 9.17) is 9.47 Å². The first kappa shape index (κ1) is 23.1. The van der Waals surface area contributed by atoms with E-state index in [1.54, 1.807) is 13.0 Å². The lowest BCUT2D eigenvalue weighted by atomic mass is 10.0. The molecule has 0 fully saturated rings. The standard InChI is InChI=1S/C26H29FO3S/c1-17(2)30-19(4)31-26(18(3)28)14-20-9-10-22-15-24(12-11-21(22)13-20)29-16-23-7-5-6-8-25(23)27/h5,7,9-13,15,17,26H,4,6,8,14,16H2,1-3H3. The topological polar surface area (TPSA) is 35.5 Å². The summed E-state index contributed by atoms with van der Waals surface area (Å²) in [6.45, 7) is 9.63. The smallest absolute Gasteiger partial charge is 0.147 e. The number of fused-ring (bicyclic) bond motifs is 1. The third kappa shape index (κ3) is 6.73. The minimum Gasteiger partial charge on any atom is -0.489 e. The predicted octanol–water partition coefficient (Wildman–Crippen LogP) is 6.92. The maximum absolute atomic E-state index is 13.9. The highest BCUT2D eigenvalue weighted by molar-refractivity contribution is 8.04. The number of allylic oxidation sites excluding steroid dienone is 2. The van der Waals surface area contributed by atoms with Crippen LogP contribution >= 0.6 is 11.8 Å². The number of thioether (sulfide) groups is 1. The number of carbonyl (C=O) groups excluding carboxylic acids is 1. The largest absolute Gasteiger partial charge is 0.489 e. The van der Waals surface area contributed by atoms with Gasteiger partial charge in [-0.2, -0.15) is 0 Å². The zero-order chi connectivity index (χ0) is 22.4. The summed E-state index contributed by atoms with van der Waals surface area (Å²) in [5.74, 6) is 0.715. The van der Waals surface area contributed by atoms with Gasteiger partial charge in [-0.1, -0.05) is 48.2 Å². The molecule has 2 aromatic carbocycles. The Hall–Kier alpha value is -2.53. The molecule has 0 saturated heterocycles. The van der Waals surface area contributed by atoms with Crippen LogP contribution < -0.4 is 4.74 Å². The number of ketones is 1. The van der Waals surface area contributed by atoms with Gasteiger partial charge in [0.1, 0.15) is 29.1 Å². The molecule has 0 amide bonds. The number of ether oxygens (including phenoxy) is 2. The van der Waals surface area contributed by atoms with Gasteiger partial charge in [-0.25, -0.2) is 4.39 Å². The second-order valence-corrected chi connectivity index (χ2v) is 9.22. The Morgan fingerprint density at radius 2 is 1.94 bits per heavy atom. The lowest BCUT2D eigenvalue weighted by Crippen LogP contribution is -2.18. The van der Waals surface area contributed by atoms with Crippen molar-refractivity contribution in [2.45, 2.75) is 51.4 Å². The maximum atomic E-state index is 13.9. The number of hydrogen-bond donors (Lipinski definition) is 0. The van der Waals surface area contributed by atoms with Gasteiger partial charge in [0.2, 0.25) is 0 Å². The molecule has 0 heterocycles. The molecule has 0 bridgehead atoms. The molecule has 3 rings (SSSR count). The molecular weight excluding hydrogens is 411 g/mol. The van der Waals surface area contributed by atoms with Crippen LogP contribution in [-0.2, 0) is 16.0 Å². The molecular formula is C26H29FO3S. The molecule has 1 atom stereocenters. The lowest BCUT2D eigenvalue weighted by Gasteiger charge is -2.18. The molecule has 31 heavy (non-hydrogen) atoms. The average Bonchev–Trinajstić information content (AvgIpc) is 2.72. The predicted molar refractivity (Wildman–Crippen MR) is 127 cm³/mol. The van der Waals surface area contributed by atoms with Crippen LogP contribution in [0, 0.1) is 0 Å². The van der Waals surface area contributed by atoms with E-state index in [0.717, 1.165) is 22.8 Å². The van der Waals surface area contributed by atoms with Crippen LogP contribution in [0.1, 0.15) is 39.2 Å². The second kappa shape index (κ2) is 10.7. The SMILES string of the molecule is C=C(OC(C)C)SC(Cc1ccc2cc(OCC3=C(F)CCC=C3)ccc2c1)C(C)=O. The summed E-state index contributed by atoms with van der Waals surface area (Å²) >= 11 is 1.38. The molecule has 0 saturated carbocycles. The van der Waals surface area contributed by atoms with E-state index < -0.39 is 0 Å². The van der Waals surface area contributed by atoms with E-state index >= 15 is 0 Å². The Labute approximate surface area is 188 Å². The number of Topliss-reactive ketones (excluding diaryl/α,β-unsaturated/α-hetero) is 1. The van der Waals surface area contributed by atoms with Gasteiger partial charge >= 0.3 is 0 Å². The van der Waals surface area contributed by atoms with Crippen LogP contribution in [0.3, 0.4) is 0 Å². The molecule has 1 unspecified atom stereocenters. The molecule has 5 heteroatoms. The summed E-state index contributed by atoms with van der Waals surface area (Å²) in [6, 6.07) is 12.0. The zero-order valence-corrected chi connectivity index (χ0v) is 19.1. The lowest BCUT2D eigenvalue weighted by molar-refractivity contribution is -0.116. The van der Waals surface area contributed by atoms with E-state index in [0.29, 0.717) is 29.3 Å². The van der Waals surface area contributed by atoms with E-state index in [9.17, 15) is 9.18 Å². The Bertz CT molecular complexity index is 1020. The molecule has 2 aromatic rings. The Balaban J connectivity index is 1.68. The van der Waals surface area contributed by atoms with E-state index in [1.165, 1.54) is 11.8 Å². The van der Waals surface area contributed by atoms with Gasteiger partial charge in [0.15, 0.2) is 0 Å². The van der Waals surface area contributed by atoms with Gasteiger partial charge in [-0.15, -0.1) is 0 Å². The van der Waals surface area contributed by atoms with Crippen molar-refractivity contribution in [2.75, 3.05) is 6.61 Å². The molecule has 1 aliphatic rings. The highest BCUT2D eigenvalue weighted by atomic mass is 32.2. The number of halogens is 1. The van der Waals surface area contributed by atoms with E-state index in [2.05, 4.69) is 12.6 Å². The van der Waals surface area contributed by atoms with Crippen LogP contribution in [0.15, 0.2) is 71.6 Å². The summed E-state index contributed by atoms with van der Waals surface area (Å²) in [5.41, 5.74) is 1.68. The van der Waals surface area contributed by atoms with Crippen molar-refractivity contribution in [1.82, 2.24) is 0 Å². The molecule has 0 N–H and O–H groups in total. The molecule has 0 radical (unpaired) electrons. The maximum Gasteiger partial charge on any atom is 0.147 e. The number of hydrogen-bond acceptors (Lipinski definition) is 4. The quantitative estimate of drug-likeness (QED) is 0.376. The third-order valence-corrected chi connectivity index (χ3v) is 6.13. The van der Waals surface area contributed by atoms with Crippen molar-refractivity contribution in [3.05, 3.63) is 77.2 Å². The summed E-state index contributed by atoms with van der Waals surface area (Å²) in [7, 11) is 0. The number of benzene rings is 2. The summed E-state index contributed by atoms with van der Waals surface area (Å²) in [4.78, 5) is 12.1. The monoisotopic (exact) mass is 440 g/mol. The fraction of sp³-hybridized carbons (Fsp3) is 0.346. The van der Waals surface area contributed by atoms with Gasteiger partial charge in [-0.3, -0.25) is 4.79 Å². The minimum atomic E-state index is -0.238. The van der Waals surface area contributed by atoms with Crippen molar-refractivity contribution in [3.63, 3.8) is 0 Å². The van der Waals surface area contributed by atoms with Gasteiger partial charge in [0.25, 0.3) is 0 Å². The van der Waals surface area contributed by atoms with Gasteiger partial charge < -0.3 is 9.47 Å². The first-order valence-corrected chi connectivity index (χ1v) is 11.4. The van der Waals surface area contributed by atoms with Gasteiger partial charge in [0.05, 0.1) is 11.4 Å². The highest BCUT2D eigenvalue weighted by Crippen LogP contribution is 2.29. The average molecular weight is 441 g/mol. The molecule has 0 spiro atoms. The molecule has 0 aliphatic heterocycles. The Morgan fingerprint density at radius 3 is 2.65 bits per heavy atom. The second-order valence-electron chi connectivity index (χ2n) is 7.96. The number of carbonyl (C=O) groups is 1. The number of rotatable bonds is 10. The molecule has 164 valence electrons. The fourth-order valence-corrected chi connectivity index (χ4v) is 4.40. The van der Waals surface area contributed by atoms with E-state index in [-0.39, 0.29) is 29.6 Å². The minimum absolute atomic E-state index is 0.0339. The van der Waals surface area contributed by atoms with E-state index in [1.807, 2.05) is 50.3 Å². The highest BCUT2D eigenvalue weighted by Gasteiger charge is 2.19. The summed E-state index contributed by atoms with van der Waals surface area (Å²) in [6.07, 6.45) is 5.61. The zero-order valence-electron chi connectivity index (χ0n) is 18.3. The molecule has 0 aromatic heterocycles. The third-order valence-electron chi connectivity index (χ3n) is 4.98. The van der Waals surface area contributed by atoms with Crippen molar-refractivity contribution in [1.29, 1.82) is 0 Å². The van der Waals surface area contributed by atoms with Crippen LogP contribution in [0.2, 0.25) is 0 Å². The van der Waals surface area contributed by atoms with Crippen LogP contribution in [0.25, 0.3) is 10.8 Å².